The van der Waals surface area contributed by atoms with Crippen molar-refractivity contribution < 1.29 is 23.7 Å². The molecule has 1 aromatic heterocycles. The Balaban J connectivity index is 1.48. The van der Waals surface area contributed by atoms with E-state index in [-0.39, 0.29) is 18.3 Å². The zero-order valence-electron chi connectivity index (χ0n) is 22.9. The van der Waals surface area contributed by atoms with E-state index in [1.54, 1.807) is 32.3 Å². The van der Waals surface area contributed by atoms with Gasteiger partial charge in [0, 0.05) is 22.8 Å². The molecule has 0 aliphatic carbocycles. The van der Waals surface area contributed by atoms with Crippen LogP contribution in [0.2, 0.25) is 0 Å². The number of benzene rings is 3. The van der Waals surface area contributed by atoms with Gasteiger partial charge in [-0.15, -0.1) is 17.3 Å². The number of carbonyl (C=O) groups excluding carboxylic acids is 1. The number of thiophene rings is 1. The lowest BCUT2D eigenvalue weighted by Crippen LogP contribution is -2.09. The first kappa shape index (κ1) is 28.2. The average molecular weight is 543 g/mol. The number of fused-ring (bicyclic) bond motifs is 1. The highest BCUT2D eigenvalue weighted by Crippen LogP contribution is 2.38. The molecule has 5 nitrogen and oxygen atoms in total. The van der Waals surface area contributed by atoms with Gasteiger partial charge >= 0.3 is 5.97 Å². The van der Waals surface area contributed by atoms with Crippen LogP contribution in [-0.4, -0.2) is 32.9 Å². The fourth-order valence-corrected chi connectivity index (χ4v) is 5.39. The van der Waals surface area contributed by atoms with E-state index in [4.69, 9.17) is 18.9 Å². The van der Waals surface area contributed by atoms with E-state index in [1.807, 2.05) is 36.4 Å². The molecule has 0 aliphatic rings. The summed E-state index contributed by atoms with van der Waals surface area (Å²) in [7, 11) is 1.67. The SMILES string of the molecule is CC#C[C@@H](CC(=O)OCC)c1ccc(OCc2ccc3scc(-c4cccc(OCCOC)c4C)c3c2)cc1. The number of hydrogen-bond donors (Lipinski definition) is 0. The van der Waals surface area contributed by atoms with Gasteiger partial charge in [-0.1, -0.05) is 36.3 Å². The van der Waals surface area contributed by atoms with Gasteiger partial charge in [0.15, 0.2) is 0 Å². The summed E-state index contributed by atoms with van der Waals surface area (Å²) < 4.78 is 23.5. The summed E-state index contributed by atoms with van der Waals surface area (Å²) in [6.45, 7) is 7.57. The standard InChI is InChI=1S/C33H34O5S/c1-5-8-26(20-33(34)36-6-2)25-12-14-27(15-13-25)38-21-24-11-16-32-29(19-24)30(22-39-32)28-9-7-10-31(23(28)3)37-18-17-35-4/h7,9-16,19,22,26H,6,17-18,20-21H2,1-4H3/t26-/m0/s1. The van der Waals surface area contributed by atoms with Gasteiger partial charge in [0.25, 0.3) is 0 Å². The number of ether oxygens (including phenoxy) is 4. The molecule has 0 amide bonds. The van der Waals surface area contributed by atoms with Crippen molar-refractivity contribution in [2.75, 3.05) is 26.9 Å². The molecule has 202 valence electrons. The summed E-state index contributed by atoms with van der Waals surface area (Å²) in [5, 5.41) is 3.41. The Morgan fingerprint density at radius 1 is 1.00 bits per heavy atom. The van der Waals surface area contributed by atoms with Crippen LogP contribution >= 0.6 is 11.3 Å². The van der Waals surface area contributed by atoms with E-state index in [1.165, 1.54) is 15.6 Å². The summed E-state index contributed by atoms with van der Waals surface area (Å²) in [6, 6.07) is 20.4. The number of rotatable bonds is 12. The third-order valence-electron chi connectivity index (χ3n) is 6.44. The van der Waals surface area contributed by atoms with Gasteiger partial charge in [0.1, 0.15) is 24.7 Å². The van der Waals surface area contributed by atoms with Crippen LogP contribution in [0.5, 0.6) is 11.5 Å². The van der Waals surface area contributed by atoms with Crippen LogP contribution in [-0.2, 0) is 20.9 Å². The van der Waals surface area contributed by atoms with E-state index in [0.29, 0.717) is 26.4 Å². The molecule has 0 N–H and O–H groups in total. The molecule has 0 saturated heterocycles. The summed E-state index contributed by atoms with van der Waals surface area (Å²) in [5.74, 6) is 7.24. The summed E-state index contributed by atoms with van der Waals surface area (Å²) in [4.78, 5) is 12.0. The van der Waals surface area contributed by atoms with Gasteiger partial charge in [-0.25, -0.2) is 0 Å². The molecule has 1 atom stereocenters. The second-order valence-corrected chi connectivity index (χ2v) is 9.97. The minimum atomic E-state index is -0.241. The van der Waals surface area contributed by atoms with Crippen LogP contribution in [0.3, 0.4) is 0 Å². The van der Waals surface area contributed by atoms with Crippen LogP contribution < -0.4 is 9.47 Å². The van der Waals surface area contributed by atoms with Crippen LogP contribution in [0.4, 0.5) is 0 Å². The van der Waals surface area contributed by atoms with Gasteiger partial charge in [-0.2, -0.15) is 0 Å². The Bertz CT molecular complexity index is 1460. The quantitative estimate of drug-likeness (QED) is 0.105. The van der Waals surface area contributed by atoms with Crippen LogP contribution in [0.1, 0.15) is 42.9 Å². The minimum absolute atomic E-state index is 0.199. The smallest absolute Gasteiger partial charge is 0.307 e. The Hall–Kier alpha value is -3.79. The van der Waals surface area contributed by atoms with Crippen molar-refractivity contribution in [3.05, 3.63) is 82.7 Å². The maximum Gasteiger partial charge on any atom is 0.307 e. The van der Waals surface area contributed by atoms with E-state index >= 15 is 0 Å². The second-order valence-electron chi connectivity index (χ2n) is 9.06. The second kappa shape index (κ2) is 13.8. The van der Waals surface area contributed by atoms with Crippen LogP contribution in [0, 0.1) is 18.8 Å². The van der Waals surface area contributed by atoms with Crippen molar-refractivity contribution in [3.63, 3.8) is 0 Å². The molecule has 0 spiro atoms. The highest BCUT2D eigenvalue weighted by atomic mass is 32.1. The first-order chi connectivity index (χ1) is 19.0. The lowest BCUT2D eigenvalue weighted by atomic mass is 9.96. The summed E-state index contributed by atoms with van der Waals surface area (Å²) >= 11 is 1.74. The Kier molecular flexibility index (Phi) is 10.0. The fraction of sp³-hybridized carbons (Fsp3) is 0.303. The molecule has 4 rings (SSSR count). The maximum absolute atomic E-state index is 12.0. The highest BCUT2D eigenvalue weighted by Gasteiger charge is 2.15. The molecule has 0 fully saturated rings. The number of carbonyl (C=O) groups is 1. The fourth-order valence-electron chi connectivity index (χ4n) is 4.45. The van der Waals surface area contributed by atoms with E-state index in [0.717, 1.165) is 33.8 Å². The maximum atomic E-state index is 12.0. The average Bonchev–Trinajstić information content (AvgIpc) is 3.36. The minimum Gasteiger partial charge on any atom is -0.491 e. The predicted octanol–water partition coefficient (Wildman–Crippen LogP) is 7.54. The molecular weight excluding hydrogens is 508 g/mol. The van der Waals surface area contributed by atoms with Crippen LogP contribution in [0.15, 0.2) is 66.0 Å². The number of esters is 1. The Morgan fingerprint density at radius 2 is 1.82 bits per heavy atom. The van der Waals surface area contributed by atoms with Gasteiger partial charge in [-0.05, 0) is 78.7 Å². The third-order valence-corrected chi connectivity index (χ3v) is 7.40. The molecule has 39 heavy (non-hydrogen) atoms. The van der Waals surface area contributed by atoms with Crippen LogP contribution in [0.25, 0.3) is 21.2 Å². The summed E-state index contributed by atoms with van der Waals surface area (Å²) in [6.07, 6.45) is 0.236. The Labute approximate surface area is 234 Å². The molecule has 4 aromatic rings. The molecular formula is C33H34O5S. The molecule has 3 aromatic carbocycles. The molecule has 1 heterocycles. The number of hydrogen-bond acceptors (Lipinski definition) is 6. The molecule has 0 bridgehead atoms. The van der Waals surface area contributed by atoms with Crippen molar-refractivity contribution in [1.82, 2.24) is 0 Å². The molecule has 0 radical (unpaired) electrons. The lowest BCUT2D eigenvalue weighted by Gasteiger charge is -2.13. The topological polar surface area (TPSA) is 54.0 Å². The number of methoxy groups -OCH3 is 1. The van der Waals surface area contributed by atoms with Crippen molar-refractivity contribution in [3.8, 4) is 34.5 Å². The monoisotopic (exact) mass is 542 g/mol. The van der Waals surface area contributed by atoms with Gasteiger partial charge in [0.2, 0.25) is 0 Å². The normalized spacial score (nSPS) is 11.5. The van der Waals surface area contributed by atoms with Crippen molar-refractivity contribution in [2.24, 2.45) is 0 Å². The lowest BCUT2D eigenvalue weighted by molar-refractivity contribution is -0.143. The first-order valence-corrected chi connectivity index (χ1v) is 13.9. The first-order valence-electron chi connectivity index (χ1n) is 13.1. The molecule has 0 saturated carbocycles. The van der Waals surface area contributed by atoms with Crippen molar-refractivity contribution in [1.29, 1.82) is 0 Å². The zero-order valence-corrected chi connectivity index (χ0v) is 23.7. The van der Waals surface area contributed by atoms with Gasteiger partial charge in [0.05, 0.1) is 25.6 Å². The Morgan fingerprint density at radius 3 is 2.56 bits per heavy atom. The predicted molar refractivity (Wildman–Crippen MR) is 158 cm³/mol. The molecule has 6 heteroatoms. The third kappa shape index (κ3) is 7.20. The van der Waals surface area contributed by atoms with Gasteiger partial charge < -0.3 is 18.9 Å². The molecule has 0 aliphatic heterocycles. The van der Waals surface area contributed by atoms with E-state index in [9.17, 15) is 4.79 Å². The largest absolute Gasteiger partial charge is 0.491 e. The van der Waals surface area contributed by atoms with Gasteiger partial charge in [-0.3, -0.25) is 4.79 Å². The van der Waals surface area contributed by atoms with E-state index in [2.05, 4.69) is 48.4 Å². The summed E-state index contributed by atoms with van der Waals surface area (Å²) in [5.41, 5.74) is 5.54. The highest BCUT2D eigenvalue weighted by molar-refractivity contribution is 7.17. The zero-order chi connectivity index (χ0) is 27.6. The van der Waals surface area contributed by atoms with Crippen molar-refractivity contribution in [2.45, 2.75) is 39.7 Å². The van der Waals surface area contributed by atoms with E-state index < -0.39 is 0 Å². The van der Waals surface area contributed by atoms with Crippen molar-refractivity contribution >= 4 is 27.4 Å². The molecule has 0 unspecified atom stereocenters.